The molecule has 0 aliphatic heterocycles. The van der Waals surface area contributed by atoms with Crippen LogP contribution in [0.15, 0.2) is 36.4 Å². The van der Waals surface area contributed by atoms with Gasteiger partial charge >= 0.3 is 118 Å². The summed E-state index contributed by atoms with van der Waals surface area (Å²) in [6.45, 7) is 4.50. The second-order valence-electron chi connectivity index (χ2n) is 4.84. The summed E-state index contributed by atoms with van der Waals surface area (Å²) in [5, 5.41) is 5.74. The molecule has 0 aliphatic rings. The topological polar surface area (TPSA) is 0 Å². The molecule has 0 nitrogen and oxygen atoms in total. The van der Waals surface area contributed by atoms with E-state index >= 15 is 0 Å². The number of fused-ring (bicyclic) bond motifs is 3. The first-order valence-electron chi connectivity index (χ1n) is 6.03. The number of benzene rings is 2. The maximum absolute atomic E-state index is 2.41. The molecule has 2 heterocycles. The van der Waals surface area contributed by atoms with Crippen molar-refractivity contribution in [3.63, 3.8) is 0 Å². The third-order valence-electron chi connectivity index (χ3n) is 3.36. The molecular formula is C16H12Se2. The van der Waals surface area contributed by atoms with Crippen molar-refractivity contribution in [2.75, 3.05) is 0 Å². The van der Waals surface area contributed by atoms with E-state index in [0.29, 0.717) is 29.0 Å². The van der Waals surface area contributed by atoms with Crippen LogP contribution >= 0.6 is 0 Å². The van der Waals surface area contributed by atoms with E-state index in [1.165, 1.54) is 21.5 Å². The van der Waals surface area contributed by atoms with Crippen LogP contribution in [0.25, 0.3) is 30.1 Å². The van der Waals surface area contributed by atoms with Gasteiger partial charge in [-0.05, 0) is 0 Å². The fraction of sp³-hybridized carbons (Fsp3) is 0.125. The first-order valence-corrected chi connectivity index (χ1v) is 9.46. The summed E-state index contributed by atoms with van der Waals surface area (Å²) in [6.07, 6.45) is 0. The molecule has 4 rings (SSSR count). The van der Waals surface area contributed by atoms with E-state index in [4.69, 9.17) is 0 Å². The first-order chi connectivity index (χ1) is 8.69. The third-order valence-corrected chi connectivity index (χ3v) is 7.61. The Bertz CT molecular complexity index is 752. The van der Waals surface area contributed by atoms with Crippen LogP contribution in [0.5, 0.6) is 0 Å². The van der Waals surface area contributed by atoms with Gasteiger partial charge in [-0.15, -0.1) is 0 Å². The molecule has 0 saturated heterocycles. The van der Waals surface area contributed by atoms with Gasteiger partial charge in [0, 0.05) is 0 Å². The number of hydrogen-bond acceptors (Lipinski definition) is 0. The van der Waals surface area contributed by atoms with E-state index in [9.17, 15) is 0 Å². The molecule has 0 amide bonds. The SMILES string of the molecule is Cc1cc2cc3cc4[se]c(C)cc4cc3cc2[se]1. The number of rotatable bonds is 0. The van der Waals surface area contributed by atoms with Gasteiger partial charge in [0.2, 0.25) is 0 Å². The van der Waals surface area contributed by atoms with Crippen LogP contribution in [0.1, 0.15) is 8.87 Å². The monoisotopic (exact) mass is 364 g/mol. The summed E-state index contributed by atoms with van der Waals surface area (Å²) < 4.78 is 6.19. The van der Waals surface area contributed by atoms with E-state index in [2.05, 4.69) is 50.2 Å². The fourth-order valence-electron chi connectivity index (χ4n) is 2.59. The zero-order valence-electron chi connectivity index (χ0n) is 10.3. The van der Waals surface area contributed by atoms with Crippen molar-refractivity contribution in [3.05, 3.63) is 45.3 Å². The Balaban J connectivity index is 2.17. The van der Waals surface area contributed by atoms with Crippen LogP contribution in [-0.2, 0) is 0 Å². The molecule has 0 bridgehead atoms. The molecule has 0 unspecified atom stereocenters. The van der Waals surface area contributed by atoms with Crippen molar-refractivity contribution in [1.82, 2.24) is 0 Å². The molecule has 2 heteroatoms. The molecule has 0 N–H and O–H groups in total. The summed E-state index contributed by atoms with van der Waals surface area (Å²) in [5.41, 5.74) is 0. The Labute approximate surface area is 118 Å². The summed E-state index contributed by atoms with van der Waals surface area (Å²) >= 11 is 1.11. The Hall–Kier alpha value is -0.781. The second kappa shape index (κ2) is 3.85. The van der Waals surface area contributed by atoms with Gasteiger partial charge in [0.25, 0.3) is 0 Å². The van der Waals surface area contributed by atoms with Crippen molar-refractivity contribution in [1.29, 1.82) is 0 Å². The summed E-state index contributed by atoms with van der Waals surface area (Å²) in [6, 6.07) is 14.3. The molecule has 4 aromatic rings. The van der Waals surface area contributed by atoms with Gasteiger partial charge in [-0.25, -0.2) is 0 Å². The van der Waals surface area contributed by atoms with Gasteiger partial charge in [0.05, 0.1) is 0 Å². The number of aryl methyl sites for hydroxylation is 2. The van der Waals surface area contributed by atoms with Gasteiger partial charge < -0.3 is 0 Å². The van der Waals surface area contributed by atoms with Crippen LogP contribution in [0.3, 0.4) is 0 Å². The summed E-state index contributed by atoms with van der Waals surface area (Å²) in [5.74, 6) is 0. The fourth-order valence-corrected chi connectivity index (χ4v) is 6.59. The maximum atomic E-state index is 2.41. The normalized spacial score (nSPS) is 11.9. The average molecular weight is 362 g/mol. The van der Waals surface area contributed by atoms with Gasteiger partial charge in [-0.1, -0.05) is 0 Å². The van der Waals surface area contributed by atoms with E-state index in [1.54, 1.807) is 17.4 Å². The standard InChI is InChI=1S/C16H12Se2/c1-9-3-13-5-11-8-16-14(4-10(2)18-16)6-12(11)7-15(13)17-9/h3-8H,1-2H3. The zero-order valence-corrected chi connectivity index (χ0v) is 13.7. The Morgan fingerprint density at radius 2 is 1.00 bits per heavy atom. The molecule has 2 aromatic carbocycles. The molecule has 88 valence electrons. The van der Waals surface area contributed by atoms with Crippen molar-refractivity contribution in [2.24, 2.45) is 0 Å². The molecule has 18 heavy (non-hydrogen) atoms. The van der Waals surface area contributed by atoms with E-state index in [-0.39, 0.29) is 0 Å². The minimum atomic E-state index is 0.554. The Kier molecular flexibility index (Phi) is 2.37. The molecule has 2 aromatic heterocycles. The van der Waals surface area contributed by atoms with E-state index < -0.39 is 0 Å². The molecule has 0 saturated carbocycles. The molecule has 0 aliphatic carbocycles. The first kappa shape index (κ1) is 11.1. The van der Waals surface area contributed by atoms with Crippen molar-refractivity contribution < 1.29 is 0 Å². The molecule has 0 radical (unpaired) electrons. The molecule has 0 atom stereocenters. The van der Waals surface area contributed by atoms with Crippen molar-refractivity contribution in [2.45, 2.75) is 13.8 Å². The molecule has 0 fully saturated rings. The summed E-state index contributed by atoms with van der Waals surface area (Å²) in [7, 11) is 0. The van der Waals surface area contributed by atoms with Crippen LogP contribution in [0.4, 0.5) is 0 Å². The summed E-state index contributed by atoms with van der Waals surface area (Å²) in [4.78, 5) is 0. The van der Waals surface area contributed by atoms with Crippen LogP contribution < -0.4 is 0 Å². The predicted molar refractivity (Wildman–Crippen MR) is 82.3 cm³/mol. The van der Waals surface area contributed by atoms with E-state index in [0.717, 1.165) is 0 Å². The third kappa shape index (κ3) is 1.65. The molecular weight excluding hydrogens is 350 g/mol. The van der Waals surface area contributed by atoms with E-state index in [1.807, 2.05) is 0 Å². The molecule has 0 spiro atoms. The Morgan fingerprint density at radius 3 is 1.44 bits per heavy atom. The Morgan fingerprint density at radius 1 is 0.556 bits per heavy atom. The van der Waals surface area contributed by atoms with Crippen LogP contribution in [0, 0.1) is 13.8 Å². The van der Waals surface area contributed by atoms with Gasteiger partial charge in [0.15, 0.2) is 0 Å². The predicted octanol–water partition coefficient (Wildman–Crippen LogP) is 3.88. The van der Waals surface area contributed by atoms with Crippen LogP contribution in [0.2, 0.25) is 0 Å². The average Bonchev–Trinajstić information content (AvgIpc) is 2.82. The van der Waals surface area contributed by atoms with Crippen molar-refractivity contribution >= 4 is 59.1 Å². The van der Waals surface area contributed by atoms with Crippen molar-refractivity contribution in [3.8, 4) is 0 Å². The zero-order chi connectivity index (χ0) is 12.3. The second-order valence-corrected chi connectivity index (χ2v) is 10.2. The quantitative estimate of drug-likeness (QED) is 0.417. The van der Waals surface area contributed by atoms with Gasteiger partial charge in [-0.3, -0.25) is 0 Å². The van der Waals surface area contributed by atoms with Gasteiger partial charge in [0.1, 0.15) is 0 Å². The van der Waals surface area contributed by atoms with Crippen LogP contribution in [-0.4, -0.2) is 29.0 Å². The van der Waals surface area contributed by atoms with Gasteiger partial charge in [-0.2, -0.15) is 0 Å². The number of hydrogen-bond donors (Lipinski definition) is 0. The minimum absolute atomic E-state index is 0.554.